The van der Waals surface area contributed by atoms with Crippen LogP contribution in [0.2, 0.25) is 5.28 Å². The Morgan fingerprint density at radius 2 is 1.72 bits per heavy atom. The van der Waals surface area contributed by atoms with Crippen LogP contribution in [0, 0.1) is 0 Å². The Balaban J connectivity index is 2.16. The van der Waals surface area contributed by atoms with E-state index in [9.17, 15) is 0 Å². The van der Waals surface area contributed by atoms with Gasteiger partial charge in [0.05, 0.1) is 0 Å². The molecule has 0 spiro atoms. The minimum absolute atomic E-state index is 0.182. The predicted molar refractivity (Wildman–Crippen MR) is 76.3 cm³/mol. The summed E-state index contributed by atoms with van der Waals surface area (Å²) in [5, 5.41) is 1.14. The molecule has 0 N–H and O–H groups in total. The Morgan fingerprint density at radius 1 is 1.06 bits per heavy atom. The molecule has 18 heavy (non-hydrogen) atoms. The van der Waals surface area contributed by atoms with Gasteiger partial charge < -0.3 is 0 Å². The first kappa shape index (κ1) is 13.4. The van der Waals surface area contributed by atoms with E-state index in [4.69, 9.17) is 11.6 Å². The second-order valence-corrected chi connectivity index (χ2v) is 6.47. The monoisotopic (exact) mass is 278 g/mol. The van der Waals surface area contributed by atoms with Gasteiger partial charge in [0.25, 0.3) is 0 Å². The first-order chi connectivity index (χ1) is 8.45. The summed E-state index contributed by atoms with van der Waals surface area (Å²) in [6.07, 6.45) is 1.67. The van der Waals surface area contributed by atoms with Crippen molar-refractivity contribution in [1.82, 2.24) is 9.97 Å². The highest BCUT2D eigenvalue weighted by Gasteiger charge is 2.13. The van der Waals surface area contributed by atoms with Gasteiger partial charge in [0.1, 0.15) is 5.03 Å². The molecule has 2 aromatic rings. The molecule has 0 bridgehead atoms. The number of hydrogen-bond acceptors (Lipinski definition) is 3. The molecule has 0 fully saturated rings. The van der Waals surface area contributed by atoms with Crippen LogP contribution in [-0.4, -0.2) is 9.97 Å². The van der Waals surface area contributed by atoms with Gasteiger partial charge in [0.2, 0.25) is 5.28 Å². The number of aromatic nitrogens is 2. The number of benzene rings is 1. The first-order valence-electron chi connectivity index (χ1n) is 5.72. The highest BCUT2D eigenvalue weighted by molar-refractivity contribution is 7.99. The fourth-order valence-electron chi connectivity index (χ4n) is 1.52. The van der Waals surface area contributed by atoms with Gasteiger partial charge in [-0.25, -0.2) is 9.97 Å². The molecule has 0 saturated heterocycles. The van der Waals surface area contributed by atoms with Crippen molar-refractivity contribution < 1.29 is 0 Å². The molecule has 0 aliphatic rings. The van der Waals surface area contributed by atoms with E-state index in [1.807, 2.05) is 6.07 Å². The molecule has 2 nitrogen and oxygen atoms in total. The summed E-state index contributed by atoms with van der Waals surface area (Å²) in [4.78, 5) is 9.18. The zero-order valence-electron chi connectivity index (χ0n) is 10.6. The van der Waals surface area contributed by atoms with Crippen molar-refractivity contribution in [2.75, 3.05) is 0 Å². The predicted octanol–water partition coefficient (Wildman–Crippen LogP) is 4.58. The molecule has 0 saturated carbocycles. The van der Waals surface area contributed by atoms with Crippen LogP contribution in [0.4, 0.5) is 0 Å². The van der Waals surface area contributed by atoms with Gasteiger partial charge in [-0.15, -0.1) is 0 Å². The van der Waals surface area contributed by atoms with E-state index in [-0.39, 0.29) is 10.7 Å². The van der Waals surface area contributed by atoms with E-state index in [2.05, 4.69) is 55.0 Å². The maximum Gasteiger partial charge on any atom is 0.223 e. The Hall–Kier alpha value is -1.06. The van der Waals surface area contributed by atoms with Gasteiger partial charge in [-0.05, 0) is 40.8 Å². The lowest BCUT2D eigenvalue weighted by molar-refractivity contribution is 0.590. The largest absolute Gasteiger partial charge is 0.226 e. The molecule has 0 aliphatic carbocycles. The Kier molecular flexibility index (Phi) is 3.93. The number of nitrogens with zero attached hydrogens (tertiary/aromatic N) is 2. The zero-order valence-corrected chi connectivity index (χ0v) is 12.2. The molecule has 0 atom stereocenters. The van der Waals surface area contributed by atoms with Gasteiger partial charge >= 0.3 is 0 Å². The zero-order chi connectivity index (χ0) is 13.2. The molecule has 1 aromatic heterocycles. The van der Waals surface area contributed by atoms with Crippen molar-refractivity contribution in [1.29, 1.82) is 0 Å². The molecule has 0 amide bonds. The third-order valence-corrected chi connectivity index (χ3v) is 3.67. The van der Waals surface area contributed by atoms with Crippen LogP contribution in [0.25, 0.3) is 0 Å². The van der Waals surface area contributed by atoms with Crippen molar-refractivity contribution in [3.63, 3.8) is 0 Å². The van der Waals surface area contributed by atoms with Gasteiger partial charge in [-0.3, -0.25) is 0 Å². The molecule has 0 aliphatic heterocycles. The van der Waals surface area contributed by atoms with Gasteiger partial charge in [-0.2, -0.15) is 0 Å². The minimum Gasteiger partial charge on any atom is -0.226 e. The van der Waals surface area contributed by atoms with Crippen LogP contribution < -0.4 is 0 Å². The molecular weight excluding hydrogens is 264 g/mol. The fourth-order valence-corrected chi connectivity index (χ4v) is 2.49. The van der Waals surface area contributed by atoms with Crippen molar-refractivity contribution in [3.8, 4) is 0 Å². The SMILES string of the molecule is CC(C)(C)c1ccc(Sc2ccnc(Cl)n2)cc1. The minimum atomic E-state index is 0.182. The molecule has 0 unspecified atom stereocenters. The highest BCUT2D eigenvalue weighted by atomic mass is 35.5. The average molecular weight is 279 g/mol. The third-order valence-electron chi connectivity index (χ3n) is 2.54. The summed E-state index contributed by atoms with van der Waals surface area (Å²) in [6.45, 7) is 6.62. The van der Waals surface area contributed by atoms with Crippen LogP contribution in [0.3, 0.4) is 0 Å². The molecule has 0 radical (unpaired) electrons. The van der Waals surface area contributed by atoms with Crippen molar-refractivity contribution >= 4 is 23.4 Å². The normalized spacial score (nSPS) is 11.6. The van der Waals surface area contributed by atoms with E-state index in [0.717, 1.165) is 9.92 Å². The second kappa shape index (κ2) is 5.29. The summed E-state index contributed by atoms with van der Waals surface area (Å²) < 4.78 is 0. The maximum atomic E-state index is 5.76. The quantitative estimate of drug-likeness (QED) is 0.594. The van der Waals surface area contributed by atoms with Crippen LogP contribution in [-0.2, 0) is 5.41 Å². The van der Waals surface area contributed by atoms with E-state index in [1.54, 1.807) is 18.0 Å². The number of hydrogen-bond donors (Lipinski definition) is 0. The third kappa shape index (κ3) is 3.47. The molecule has 2 rings (SSSR count). The van der Waals surface area contributed by atoms with Crippen LogP contribution >= 0.6 is 23.4 Å². The Bertz CT molecular complexity index is 532. The standard InChI is InChI=1S/C14H15ClN2S/c1-14(2,3)10-4-6-11(7-5-10)18-12-8-9-16-13(15)17-12/h4-9H,1-3H3. The number of rotatable bonds is 2. The summed E-state index contributed by atoms with van der Waals surface area (Å²) >= 11 is 7.35. The smallest absolute Gasteiger partial charge is 0.223 e. The number of halogens is 1. The highest BCUT2D eigenvalue weighted by Crippen LogP contribution is 2.29. The Morgan fingerprint density at radius 3 is 2.28 bits per heavy atom. The van der Waals surface area contributed by atoms with Crippen molar-refractivity contribution in [3.05, 3.63) is 47.4 Å². The summed E-state index contributed by atoms with van der Waals surface area (Å²) in [5.74, 6) is 0. The Labute approximate surface area is 117 Å². The van der Waals surface area contributed by atoms with Crippen LogP contribution in [0.5, 0.6) is 0 Å². The average Bonchev–Trinajstić information content (AvgIpc) is 2.28. The van der Waals surface area contributed by atoms with E-state index < -0.39 is 0 Å². The summed E-state index contributed by atoms with van der Waals surface area (Å²) in [6, 6.07) is 10.4. The van der Waals surface area contributed by atoms with Gasteiger partial charge in [0, 0.05) is 11.1 Å². The molecule has 94 valence electrons. The molecule has 1 aromatic carbocycles. The summed E-state index contributed by atoms with van der Waals surface area (Å²) in [5.41, 5.74) is 1.51. The van der Waals surface area contributed by atoms with Crippen LogP contribution in [0.1, 0.15) is 26.3 Å². The summed E-state index contributed by atoms with van der Waals surface area (Å²) in [7, 11) is 0. The van der Waals surface area contributed by atoms with Crippen molar-refractivity contribution in [2.24, 2.45) is 0 Å². The van der Waals surface area contributed by atoms with Gasteiger partial charge in [0.15, 0.2) is 0 Å². The lowest BCUT2D eigenvalue weighted by atomic mass is 9.87. The van der Waals surface area contributed by atoms with Gasteiger partial charge in [-0.1, -0.05) is 44.7 Å². The lowest BCUT2D eigenvalue weighted by Gasteiger charge is -2.18. The maximum absolute atomic E-state index is 5.76. The molecule has 1 heterocycles. The van der Waals surface area contributed by atoms with Crippen LogP contribution in [0.15, 0.2) is 46.5 Å². The van der Waals surface area contributed by atoms with Crippen molar-refractivity contribution in [2.45, 2.75) is 36.1 Å². The molecule has 4 heteroatoms. The lowest BCUT2D eigenvalue weighted by Crippen LogP contribution is -2.10. The fraction of sp³-hybridized carbons (Fsp3) is 0.286. The second-order valence-electron chi connectivity index (χ2n) is 5.04. The van der Waals surface area contributed by atoms with E-state index >= 15 is 0 Å². The molecular formula is C14H15ClN2S. The first-order valence-corrected chi connectivity index (χ1v) is 6.91. The topological polar surface area (TPSA) is 25.8 Å². The van der Waals surface area contributed by atoms with E-state index in [0.29, 0.717) is 0 Å². The van der Waals surface area contributed by atoms with E-state index in [1.165, 1.54) is 5.56 Å².